The molecule has 4 nitrogen and oxygen atoms in total. The molecule has 0 N–H and O–H groups in total. The zero-order valence-electron chi connectivity index (χ0n) is 9.36. The van der Waals surface area contributed by atoms with Crippen LogP contribution < -0.4 is 0 Å². The van der Waals surface area contributed by atoms with E-state index in [9.17, 15) is 9.59 Å². The van der Waals surface area contributed by atoms with Gasteiger partial charge in [0.15, 0.2) is 6.29 Å². The Morgan fingerprint density at radius 1 is 1.47 bits per heavy atom. The number of methoxy groups -OCH3 is 1. The Hall–Kier alpha value is -1.81. The number of aromatic nitrogens is 1. The first-order chi connectivity index (χ1) is 8.10. The van der Waals surface area contributed by atoms with Crippen molar-refractivity contribution in [3.05, 3.63) is 34.5 Å². The zero-order chi connectivity index (χ0) is 12.6. The Balaban J connectivity index is 2.88. The Bertz CT molecular complexity index is 616. The van der Waals surface area contributed by atoms with Crippen LogP contribution in [0.4, 0.5) is 0 Å². The second-order valence-electron chi connectivity index (χ2n) is 3.59. The van der Waals surface area contributed by atoms with Crippen molar-refractivity contribution in [1.82, 2.24) is 4.57 Å². The van der Waals surface area contributed by atoms with Crippen molar-refractivity contribution in [2.24, 2.45) is 7.05 Å². The summed E-state index contributed by atoms with van der Waals surface area (Å²) >= 11 is 5.89. The number of halogens is 1. The van der Waals surface area contributed by atoms with Gasteiger partial charge in [-0.3, -0.25) is 4.79 Å². The molecule has 0 aliphatic heterocycles. The van der Waals surface area contributed by atoms with Gasteiger partial charge in [-0.15, -0.1) is 0 Å². The summed E-state index contributed by atoms with van der Waals surface area (Å²) in [7, 11) is 2.97. The number of hydrogen-bond acceptors (Lipinski definition) is 3. The third-order valence-corrected chi connectivity index (χ3v) is 2.93. The van der Waals surface area contributed by atoms with Gasteiger partial charge in [0.05, 0.1) is 18.2 Å². The van der Waals surface area contributed by atoms with E-state index < -0.39 is 5.97 Å². The molecule has 0 spiro atoms. The standard InChI is InChI=1S/C12H10ClNO3/c1-14-10-5-7(13)3-4-8(10)9(6-15)11(14)12(16)17-2/h3-6H,1-2H3. The second-order valence-corrected chi connectivity index (χ2v) is 4.03. The van der Waals surface area contributed by atoms with Crippen molar-refractivity contribution in [2.45, 2.75) is 0 Å². The summed E-state index contributed by atoms with van der Waals surface area (Å²) in [6, 6.07) is 5.10. The number of fused-ring (bicyclic) bond motifs is 1. The quantitative estimate of drug-likeness (QED) is 0.608. The summed E-state index contributed by atoms with van der Waals surface area (Å²) in [5, 5.41) is 1.24. The predicted octanol–water partition coefficient (Wildman–Crippen LogP) is 2.43. The van der Waals surface area contributed by atoms with Crippen LogP contribution in [-0.2, 0) is 11.8 Å². The minimum absolute atomic E-state index is 0.236. The molecule has 5 heteroatoms. The van der Waals surface area contributed by atoms with Crippen molar-refractivity contribution >= 4 is 34.8 Å². The van der Waals surface area contributed by atoms with E-state index in [1.165, 1.54) is 7.11 Å². The first-order valence-corrected chi connectivity index (χ1v) is 5.29. The third kappa shape index (κ3) is 1.70. The number of aryl methyl sites for hydroxylation is 1. The normalized spacial score (nSPS) is 10.5. The van der Waals surface area contributed by atoms with Gasteiger partial charge in [-0.25, -0.2) is 4.79 Å². The largest absolute Gasteiger partial charge is 0.464 e. The van der Waals surface area contributed by atoms with E-state index in [1.54, 1.807) is 29.8 Å². The van der Waals surface area contributed by atoms with Crippen LogP contribution in [0.25, 0.3) is 10.9 Å². The maximum atomic E-state index is 11.6. The van der Waals surface area contributed by atoms with Crippen LogP contribution in [0, 0.1) is 0 Å². The van der Waals surface area contributed by atoms with Gasteiger partial charge in [0.2, 0.25) is 0 Å². The molecule has 2 rings (SSSR count). The van der Waals surface area contributed by atoms with E-state index >= 15 is 0 Å². The van der Waals surface area contributed by atoms with Crippen LogP contribution in [0.5, 0.6) is 0 Å². The molecule has 88 valence electrons. The van der Waals surface area contributed by atoms with Gasteiger partial charge < -0.3 is 9.30 Å². The van der Waals surface area contributed by atoms with E-state index in [0.29, 0.717) is 22.3 Å². The summed E-state index contributed by atoms with van der Waals surface area (Å²) in [6.45, 7) is 0. The van der Waals surface area contributed by atoms with Crippen molar-refractivity contribution in [2.75, 3.05) is 7.11 Å². The molecule has 0 saturated carbocycles. The highest BCUT2D eigenvalue weighted by atomic mass is 35.5. The van der Waals surface area contributed by atoms with Gasteiger partial charge in [0.1, 0.15) is 5.69 Å². The van der Waals surface area contributed by atoms with E-state index in [4.69, 9.17) is 11.6 Å². The first kappa shape index (κ1) is 11.7. The molecular weight excluding hydrogens is 242 g/mol. The Kier molecular flexibility index (Phi) is 2.90. The van der Waals surface area contributed by atoms with E-state index in [0.717, 1.165) is 5.52 Å². The van der Waals surface area contributed by atoms with Crippen LogP contribution >= 0.6 is 11.6 Å². The Morgan fingerprint density at radius 3 is 2.76 bits per heavy atom. The molecule has 1 aromatic carbocycles. The van der Waals surface area contributed by atoms with E-state index in [1.807, 2.05) is 0 Å². The number of aldehydes is 1. The molecular formula is C12H10ClNO3. The molecule has 0 aliphatic carbocycles. The Morgan fingerprint density at radius 2 is 2.18 bits per heavy atom. The van der Waals surface area contributed by atoms with Crippen LogP contribution in [0.1, 0.15) is 20.8 Å². The van der Waals surface area contributed by atoms with Crippen LogP contribution in [0.2, 0.25) is 5.02 Å². The van der Waals surface area contributed by atoms with Crippen LogP contribution in [-0.4, -0.2) is 23.9 Å². The lowest BCUT2D eigenvalue weighted by Gasteiger charge is -2.02. The summed E-state index contributed by atoms with van der Waals surface area (Å²) in [6.07, 6.45) is 0.655. The molecule has 0 atom stereocenters. The number of esters is 1. The minimum atomic E-state index is -0.540. The number of carbonyl (C=O) groups excluding carboxylic acids is 2. The molecule has 0 bridgehead atoms. The molecule has 1 aromatic heterocycles. The highest BCUT2D eigenvalue weighted by Gasteiger charge is 2.21. The maximum absolute atomic E-state index is 11.6. The van der Waals surface area contributed by atoms with Gasteiger partial charge in [0.25, 0.3) is 0 Å². The van der Waals surface area contributed by atoms with Gasteiger partial charge in [-0.2, -0.15) is 0 Å². The van der Waals surface area contributed by atoms with Crippen molar-refractivity contribution < 1.29 is 14.3 Å². The topological polar surface area (TPSA) is 48.3 Å². The number of benzene rings is 1. The summed E-state index contributed by atoms with van der Waals surface area (Å²) in [5.41, 5.74) is 1.28. The monoisotopic (exact) mass is 251 g/mol. The molecule has 17 heavy (non-hydrogen) atoms. The number of carbonyl (C=O) groups is 2. The van der Waals surface area contributed by atoms with Gasteiger partial charge in [-0.1, -0.05) is 17.7 Å². The molecule has 0 amide bonds. The lowest BCUT2D eigenvalue weighted by atomic mass is 10.1. The van der Waals surface area contributed by atoms with Crippen LogP contribution in [0.3, 0.4) is 0 Å². The summed E-state index contributed by atoms with van der Waals surface area (Å²) in [4.78, 5) is 22.7. The van der Waals surface area contributed by atoms with Gasteiger partial charge in [-0.05, 0) is 12.1 Å². The van der Waals surface area contributed by atoms with Gasteiger partial charge >= 0.3 is 5.97 Å². The number of nitrogens with zero attached hydrogens (tertiary/aromatic N) is 1. The average Bonchev–Trinajstić information content (AvgIpc) is 2.61. The van der Waals surface area contributed by atoms with E-state index in [-0.39, 0.29) is 5.69 Å². The molecule has 0 aliphatic rings. The predicted molar refractivity (Wildman–Crippen MR) is 64.7 cm³/mol. The van der Waals surface area contributed by atoms with E-state index in [2.05, 4.69) is 4.74 Å². The number of hydrogen-bond donors (Lipinski definition) is 0. The minimum Gasteiger partial charge on any atom is -0.464 e. The third-order valence-electron chi connectivity index (χ3n) is 2.70. The average molecular weight is 252 g/mol. The molecule has 0 unspecified atom stereocenters. The highest BCUT2D eigenvalue weighted by Crippen LogP contribution is 2.27. The number of rotatable bonds is 2. The fourth-order valence-electron chi connectivity index (χ4n) is 1.90. The first-order valence-electron chi connectivity index (χ1n) is 4.91. The summed E-state index contributed by atoms with van der Waals surface area (Å²) in [5.74, 6) is -0.540. The maximum Gasteiger partial charge on any atom is 0.355 e. The van der Waals surface area contributed by atoms with Crippen molar-refractivity contribution in [1.29, 1.82) is 0 Å². The fourth-order valence-corrected chi connectivity index (χ4v) is 2.07. The lowest BCUT2D eigenvalue weighted by Crippen LogP contribution is -2.09. The molecule has 0 fully saturated rings. The number of ether oxygens (including phenoxy) is 1. The smallest absolute Gasteiger partial charge is 0.355 e. The lowest BCUT2D eigenvalue weighted by molar-refractivity contribution is 0.0588. The SMILES string of the molecule is COC(=O)c1c(C=O)c2ccc(Cl)cc2n1C. The van der Waals surface area contributed by atoms with Crippen molar-refractivity contribution in [3.63, 3.8) is 0 Å². The molecule has 1 heterocycles. The van der Waals surface area contributed by atoms with Crippen LogP contribution in [0.15, 0.2) is 18.2 Å². The van der Waals surface area contributed by atoms with Crippen molar-refractivity contribution in [3.8, 4) is 0 Å². The fraction of sp³-hybridized carbons (Fsp3) is 0.167. The highest BCUT2D eigenvalue weighted by molar-refractivity contribution is 6.31. The Labute approximate surface area is 103 Å². The summed E-state index contributed by atoms with van der Waals surface area (Å²) < 4.78 is 6.28. The molecule has 2 aromatic rings. The molecule has 0 saturated heterocycles. The zero-order valence-corrected chi connectivity index (χ0v) is 10.1. The second kappa shape index (κ2) is 4.22. The molecule has 0 radical (unpaired) electrons. The van der Waals surface area contributed by atoms with Gasteiger partial charge in [0, 0.05) is 17.5 Å².